The number of nitrogens with one attached hydrogen (secondary N) is 1. The number of hydrogen-bond donors (Lipinski definition) is 1. The topological polar surface area (TPSA) is 71.5 Å². The van der Waals surface area contributed by atoms with Crippen molar-refractivity contribution in [3.8, 4) is 5.75 Å². The maximum atomic E-state index is 12.6. The summed E-state index contributed by atoms with van der Waals surface area (Å²) in [7, 11) is 1.66. The summed E-state index contributed by atoms with van der Waals surface area (Å²) in [6, 6.07) is 9.97. The van der Waals surface area contributed by atoms with Crippen molar-refractivity contribution < 1.29 is 15.8 Å². The van der Waals surface area contributed by atoms with Gasteiger partial charge in [0, 0.05) is 33.2 Å². The largest absolute Gasteiger partial charge is 0.497 e. The molecule has 0 atom stereocenters. The molecule has 6 heteroatoms. The van der Waals surface area contributed by atoms with Gasteiger partial charge in [0.2, 0.25) is 11.8 Å². The second-order valence-corrected chi connectivity index (χ2v) is 7.15. The number of carbonyl (C=O) groups is 2. The number of amides is 2. The summed E-state index contributed by atoms with van der Waals surface area (Å²) in [4.78, 5) is 30.1. The van der Waals surface area contributed by atoms with Gasteiger partial charge in [0.05, 0.1) is 7.11 Å². The fourth-order valence-corrected chi connectivity index (χ4v) is 3.59. The average molecular weight is 422 g/mol. The quantitative estimate of drug-likeness (QED) is 0.734. The first-order valence-corrected chi connectivity index (χ1v) is 10.7. The van der Waals surface area contributed by atoms with Crippen molar-refractivity contribution >= 4 is 29.3 Å². The van der Waals surface area contributed by atoms with Crippen molar-refractivity contribution in [1.29, 1.82) is 0 Å². The smallest absolute Gasteiger partial charge is 0.246 e. The van der Waals surface area contributed by atoms with Crippen LogP contribution in [0, 0.1) is 0 Å². The SMILES string of the molecule is CC.COc1cccc(C2=CCN(C(=O)/C=C/c3cnc4c(c3)CCC(=O)N4)CC2)c1.[HH]. The zero-order chi connectivity index (χ0) is 22.2. The first-order chi connectivity index (χ1) is 15.1. The molecular weight excluding hydrogens is 390 g/mol. The molecule has 0 saturated heterocycles. The van der Waals surface area contributed by atoms with Crippen LogP contribution >= 0.6 is 0 Å². The second-order valence-electron chi connectivity index (χ2n) is 7.15. The zero-order valence-corrected chi connectivity index (χ0v) is 18.4. The molecule has 0 spiro atoms. The third kappa shape index (κ3) is 5.60. The van der Waals surface area contributed by atoms with Crippen molar-refractivity contribution in [3.63, 3.8) is 0 Å². The molecule has 0 fully saturated rings. The summed E-state index contributed by atoms with van der Waals surface area (Å²) in [5.74, 6) is 1.44. The molecule has 0 aliphatic carbocycles. The summed E-state index contributed by atoms with van der Waals surface area (Å²) < 4.78 is 5.29. The first kappa shape index (κ1) is 22.3. The normalized spacial score (nSPS) is 15.4. The van der Waals surface area contributed by atoms with Crippen LogP contribution in [0.1, 0.15) is 44.8 Å². The Labute approximate surface area is 185 Å². The third-order valence-corrected chi connectivity index (χ3v) is 5.25. The van der Waals surface area contributed by atoms with E-state index in [0.717, 1.165) is 28.9 Å². The van der Waals surface area contributed by atoms with E-state index in [9.17, 15) is 9.59 Å². The van der Waals surface area contributed by atoms with Crippen LogP contribution in [-0.4, -0.2) is 41.9 Å². The molecule has 1 N–H and O–H groups in total. The number of aryl methyl sites for hydroxylation is 1. The summed E-state index contributed by atoms with van der Waals surface area (Å²) in [5, 5.41) is 2.76. The molecule has 164 valence electrons. The van der Waals surface area contributed by atoms with Crippen LogP contribution in [0.25, 0.3) is 11.6 Å². The average Bonchev–Trinajstić information content (AvgIpc) is 2.84. The van der Waals surface area contributed by atoms with Crippen molar-refractivity contribution in [2.24, 2.45) is 0 Å². The Hall–Kier alpha value is -3.41. The summed E-state index contributed by atoms with van der Waals surface area (Å²) in [6.07, 6.45) is 9.11. The van der Waals surface area contributed by atoms with Gasteiger partial charge in [-0.25, -0.2) is 4.98 Å². The van der Waals surface area contributed by atoms with Gasteiger partial charge in [0.1, 0.15) is 11.6 Å². The summed E-state index contributed by atoms with van der Waals surface area (Å²) in [6.45, 7) is 5.27. The van der Waals surface area contributed by atoms with Crippen LogP contribution in [0.15, 0.2) is 48.7 Å². The van der Waals surface area contributed by atoms with Gasteiger partial charge >= 0.3 is 0 Å². The molecule has 0 bridgehead atoms. The van der Waals surface area contributed by atoms with Gasteiger partial charge in [-0.15, -0.1) is 0 Å². The molecule has 31 heavy (non-hydrogen) atoms. The predicted octanol–water partition coefficient (Wildman–Crippen LogP) is 4.58. The van der Waals surface area contributed by atoms with Crippen molar-refractivity contribution in [2.45, 2.75) is 33.1 Å². The Balaban J connectivity index is 0.00000118. The van der Waals surface area contributed by atoms with E-state index in [1.165, 1.54) is 5.57 Å². The van der Waals surface area contributed by atoms with E-state index < -0.39 is 0 Å². The second kappa shape index (κ2) is 10.6. The number of ether oxygens (including phenoxy) is 1. The van der Waals surface area contributed by atoms with Gasteiger partial charge in [-0.05, 0) is 59.4 Å². The minimum atomic E-state index is -0.0167. The molecule has 4 rings (SSSR count). The molecular formula is C25H31N3O3. The number of hydrogen-bond acceptors (Lipinski definition) is 4. The third-order valence-electron chi connectivity index (χ3n) is 5.25. The van der Waals surface area contributed by atoms with E-state index in [4.69, 9.17) is 4.74 Å². The lowest BCUT2D eigenvalue weighted by atomic mass is 9.99. The Morgan fingerprint density at radius 3 is 2.81 bits per heavy atom. The number of carbonyl (C=O) groups excluding carboxylic acids is 2. The molecule has 1 aromatic heterocycles. The monoisotopic (exact) mass is 421 g/mol. The first-order valence-electron chi connectivity index (χ1n) is 10.7. The zero-order valence-electron chi connectivity index (χ0n) is 18.4. The standard InChI is InChI=1S/C23H23N3O3.C2H6.H2/c1-29-20-4-2-3-18(14-20)17-9-11-26(12-10-17)22(28)8-5-16-13-19-6-7-21(27)25-23(19)24-15-16;1-2;/h2-5,8-9,13-15H,6-7,10-12H2,1H3,(H,24,25,27);1-2H3;1H/b8-5+;;. The number of methoxy groups -OCH3 is 1. The van der Waals surface area contributed by atoms with Gasteiger partial charge in [0.25, 0.3) is 0 Å². The fourth-order valence-electron chi connectivity index (χ4n) is 3.59. The Bertz CT molecular complexity index is 1020. The van der Waals surface area contributed by atoms with E-state index in [2.05, 4.69) is 22.4 Å². The molecule has 2 aromatic rings. The van der Waals surface area contributed by atoms with E-state index in [-0.39, 0.29) is 13.2 Å². The van der Waals surface area contributed by atoms with Crippen molar-refractivity contribution in [1.82, 2.24) is 9.88 Å². The van der Waals surface area contributed by atoms with Crippen LogP contribution in [0.2, 0.25) is 0 Å². The number of benzene rings is 1. The molecule has 1 aromatic carbocycles. The van der Waals surface area contributed by atoms with E-state index in [1.54, 1.807) is 25.5 Å². The Kier molecular flexibility index (Phi) is 7.60. The van der Waals surface area contributed by atoms with Crippen LogP contribution in [-0.2, 0) is 16.0 Å². The molecule has 2 amide bonds. The van der Waals surface area contributed by atoms with Crippen LogP contribution < -0.4 is 10.1 Å². The lowest BCUT2D eigenvalue weighted by Crippen LogP contribution is -2.33. The molecule has 2 aliphatic heterocycles. The minimum Gasteiger partial charge on any atom is -0.497 e. The molecule has 0 saturated carbocycles. The lowest BCUT2D eigenvalue weighted by Gasteiger charge is -2.25. The molecule has 0 unspecified atom stereocenters. The maximum absolute atomic E-state index is 12.6. The van der Waals surface area contributed by atoms with Gasteiger partial charge in [-0.2, -0.15) is 0 Å². The summed E-state index contributed by atoms with van der Waals surface area (Å²) in [5.41, 5.74) is 4.23. The van der Waals surface area contributed by atoms with Gasteiger partial charge in [-0.3, -0.25) is 9.59 Å². The molecule has 0 radical (unpaired) electrons. The lowest BCUT2D eigenvalue weighted by molar-refractivity contribution is -0.125. The highest BCUT2D eigenvalue weighted by molar-refractivity contribution is 5.94. The van der Waals surface area contributed by atoms with E-state index >= 15 is 0 Å². The highest BCUT2D eigenvalue weighted by atomic mass is 16.5. The summed E-state index contributed by atoms with van der Waals surface area (Å²) >= 11 is 0. The van der Waals surface area contributed by atoms with E-state index in [1.807, 2.05) is 43.0 Å². The maximum Gasteiger partial charge on any atom is 0.246 e. The van der Waals surface area contributed by atoms with Crippen molar-refractivity contribution in [2.75, 3.05) is 25.5 Å². The Morgan fingerprint density at radius 2 is 2.06 bits per heavy atom. The number of nitrogens with zero attached hydrogens (tertiary/aromatic N) is 2. The molecule has 6 nitrogen and oxygen atoms in total. The van der Waals surface area contributed by atoms with Crippen LogP contribution in [0.4, 0.5) is 5.82 Å². The fraction of sp³-hybridized carbons (Fsp3) is 0.320. The van der Waals surface area contributed by atoms with Gasteiger partial charge < -0.3 is 15.0 Å². The molecule has 3 heterocycles. The number of rotatable bonds is 4. The minimum absolute atomic E-state index is 0. The van der Waals surface area contributed by atoms with E-state index in [0.29, 0.717) is 31.7 Å². The number of fused-ring (bicyclic) bond motifs is 1. The highest BCUT2D eigenvalue weighted by Gasteiger charge is 2.17. The van der Waals surface area contributed by atoms with Gasteiger partial charge in [0.15, 0.2) is 0 Å². The Morgan fingerprint density at radius 1 is 1.23 bits per heavy atom. The van der Waals surface area contributed by atoms with Crippen LogP contribution in [0.3, 0.4) is 0 Å². The highest BCUT2D eigenvalue weighted by Crippen LogP contribution is 2.26. The number of pyridine rings is 1. The predicted molar refractivity (Wildman–Crippen MR) is 126 cm³/mol. The van der Waals surface area contributed by atoms with Crippen LogP contribution in [0.5, 0.6) is 5.75 Å². The number of anilines is 1. The number of aromatic nitrogens is 1. The van der Waals surface area contributed by atoms with Crippen molar-refractivity contribution in [3.05, 3.63) is 65.4 Å². The molecule has 2 aliphatic rings. The van der Waals surface area contributed by atoms with Gasteiger partial charge in [-0.1, -0.05) is 32.1 Å².